The van der Waals surface area contributed by atoms with Crippen LogP contribution in [0.3, 0.4) is 0 Å². The van der Waals surface area contributed by atoms with Gasteiger partial charge in [0.1, 0.15) is 17.2 Å². The van der Waals surface area contributed by atoms with Gasteiger partial charge < -0.3 is 10.1 Å². The lowest BCUT2D eigenvalue weighted by Crippen LogP contribution is -2.14. The number of anilines is 1. The lowest BCUT2D eigenvalue weighted by Gasteiger charge is -2.08. The fourth-order valence-corrected chi connectivity index (χ4v) is 2.94. The Hall–Kier alpha value is -3.67. The summed E-state index contributed by atoms with van der Waals surface area (Å²) in [6.07, 6.45) is 3.38. The lowest BCUT2D eigenvalue weighted by atomic mass is 10.1. The quantitative estimate of drug-likeness (QED) is 0.599. The smallest absolute Gasteiger partial charge is 0.258 e. The van der Waals surface area contributed by atoms with E-state index in [0.29, 0.717) is 17.3 Å². The number of benzene rings is 1. The molecule has 0 aliphatic heterocycles. The molecule has 0 aliphatic rings. The van der Waals surface area contributed by atoms with E-state index in [9.17, 15) is 4.79 Å². The zero-order valence-electron chi connectivity index (χ0n) is 15.0. The zero-order chi connectivity index (χ0) is 18.8. The summed E-state index contributed by atoms with van der Waals surface area (Å²) in [6.45, 7) is 2.00. The number of rotatable bonds is 4. The predicted molar refractivity (Wildman–Crippen MR) is 104 cm³/mol. The molecule has 0 saturated carbocycles. The maximum Gasteiger partial charge on any atom is 0.258 e. The summed E-state index contributed by atoms with van der Waals surface area (Å²) in [6, 6.07) is 17.1. The van der Waals surface area contributed by atoms with Crippen LogP contribution in [0.25, 0.3) is 16.9 Å². The molecule has 4 aromatic rings. The van der Waals surface area contributed by atoms with Gasteiger partial charge in [0.15, 0.2) is 0 Å². The van der Waals surface area contributed by atoms with Crippen LogP contribution in [0.2, 0.25) is 0 Å². The third-order valence-electron chi connectivity index (χ3n) is 4.33. The second-order valence-electron chi connectivity index (χ2n) is 6.10. The van der Waals surface area contributed by atoms with Gasteiger partial charge in [0.05, 0.1) is 12.7 Å². The van der Waals surface area contributed by atoms with E-state index in [1.165, 1.54) is 13.3 Å². The lowest BCUT2D eigenvalue weighted by molar-refractivity contribution is 0.102. The van der Waals surface area contributed by atoms with Crippen LogP contribution in [0, 0.1) is 6.92 Å². The van der Waals surface area contributed by atoms with E-state index in [0.717, 1.165) is 22.5 Å². The summed E-state index contributed by atoms with van der Waals surface area (Å²) >= 11 is 0. The Morgan fingerprint density at radius 3 is 2.59 bits per heavy atom. The van der Waals surface area contributed by atoms with Crippen LogP contribution in [0.5, 0.6) is 5.88 Å². The highest BCUT2D eigenvalue weighted by Gasteiger charge is 2.18. The minimum atomic E-state index is -0.259. The second-order valence-corrected chi connectivity index (χ2v) is 6.10. The third-order valence-corrected chi connectivity index (χ3v) is 4.33. The number of fused-ring (bicyclic) bond motifs is 1. The van der Waals surface area contributed by atoms with Crippen LogP contribution in [-0.4, -0.2) is 27.4 Å². The summed E-state index contributed by atoms with van der Waals surface area (Å²) in [5.74, 6) is 0.827. The first-order valence-corrected chi connectivity index (χ1v) is 8.52. The van der Waals surface area contributed by atoms with Gasteiger partial charge in [-0.2, -0.15) is 0 Å². The van der Waals surface area contributed by atoms with Crippen LogP contribution in [0.15, 0.2) is 67.0 Å². The van der Waals surface area contributed by atoms with E-state index in [2.05, 4.69) is 10.3 Å². The number of hydrogen-bond acceptors (Lipinski definition) is 4. The number of amides is 1. The molecule has 1 aromatic carbocycles. The van der Waals surface area contributed by atoms with Crippen molar-refractivity contribution >= 4 is 17.4 Å². The van der Waals surface area contributed by atoms with Gasteiger partial charge in [-0.25, -0.2) is 9.97 Å². The van der Waals surface area contributed by atoms with Gasteiger partial charge in [-0.1, -0.05) is 36.4 Å². The summed E-state index contributed by atoms with van der Waals surface area (Å²) in [5, 5.41) is 2.99. The molecule has 0 bridgehead atoms. The fraction of sp³-hybridized carbons (Fsp3) is 0.0952. The SMILES string of the molecule is COc1ccc(C(=O)Nc2c(-c3ccccc3)nc3c(C)cccn23)cn1. The molecule has 0 spiro atoms. The standard InChI is InChI=1S/C21H18N4O2/c1-14-7-6-12-25-19(14)23-18(15-8-4-3-5-9-15)20(25)24-21(26)16-10-11-17(27-2)22-13-16/h3-13H,1-2H3,(H,24,26). The Balaban J connectivity index is 1.79. The highest BCUT2D eigenvalue weighted by atomic mass is 16.5. The summed E-state index contributed by atoms with van der Waals surface area (Å²) in [7, 11) is 1.54. The van der Waals surface area contributed by atoms with Gasteiger partial charge in [0.25, 0.3) is 5.91 Å². The predicted octanol–water partition coefficient (Wildman–Crippen LogP) is 3.97. The monoisotopic (exact) mass is 358 g/mol. The topological polar surface area (TPSA) is 68.5 Å². The van der Waals surface area contributed by atoms with Crippen molar-refractivity contribution in [3.63, 3.8) is 0 Å². The molecule has 6 nitrogen and oxygen atoms in total. The van der Waals surface area contributed by atoms with Gasteiger partial charge >= 0.3 is 0 Å². The average molecular weight is 358 g/mol. The van der Waals surface area contributed by atoms with Crippen molar-refractivity contribution in [1.82, 2.24) is 14.4 Å². The summed E-state index contributed by atoms with van der Waals surface area (Å²) in [4.78, 5) is 21.7. The molecule has 0 saturated heterocycles. The van der Waals surface area contributed by atoms with Crippen molar-refractivity contribution in [2.24, 2.45) is 0 Å². The minimum Gasteiger partial charge on any atom is -0.481 e. The molecule has 3 heterocycles. The number of nitrogens with zero attached hydrogens (tertiary/aromatic N) is 3. The number of imidazole rings is 1. The largest absolute Gasteiger partial charge is 0.481 e. The fourth-order valence-electron chi connectivity index (χ4n) is 2.94. The number of pyridine rings is 2. The van der Waals surface area contributed by atoms with E-state index in [-0.39, 0.29) is 5.91 Å². The summed E-state index contributed by atoms with van der Waals surface area (Å²) in [5.41, 5.74) is 3.93. The molecule has 1 amide bonds. The van der Waals surface area contributed by atoms with E-state index < -0.39 is 0 Å². The Morgan fingerprint density at radius 1 is 1.07 bits per heavy atom. The number of ether oxygens (including phenoxy) is 1. The summed E-state index contributed by atoms with van der Waals surface area (Å²) < 4.78 is 6.94. The number of aryl methyl sites for hydroxylation is 1. The normalized spacial score (nSPS) is 10.7. The van der Waals surface area contributed by atoms with Crippen molar-refractivity contribution < 1.29 is 9.53 Å². The molecule has 0 unspecified atom stereocenters. The van der Waals surface area contributed by atoms with Crippen molar-refractivity contribution in [3.8, 4) is 17.1 Å². The molecule has 27 heavy (non-hydrogen) atoms. The second kappa shape index (κ2) is 6.92. The third kappa shape index (κ3) is 3.13. The van der Waals surface area contributed by atoms with Crippen molar-refractivity contribution in [2.75, 3.05) is 12.4 Å². The van der Waals surface area contributed by atoms with Crippen LogP contribution in [-0.2, 0) is 0 Å². The van der Waals surface area contributed by atoms with E-state index in [1.54, 1.807) is 12.1 Å². The van der Waals surface area contributed by atoms with E-state index in [1.807, 2.05) is 60.0 Å². The molecular weight excluding hydrogens is 340 g/mol. The molecule has 0 aliphatic carbocycles. The molecular formula is C21H18N4O2. The maximum absolute atomic E-state index is 12.8. The Kier molecular flexibility index (Phi) is 4.30. The molecule has 0 atom stereocenters. The van der Waals surface area contributed by atoms with Crippen molar-refractivity contribution in [2.45, 2.75) is 6.92 Å². The Bertz CT molecular complexity index is 1100. The number of methoxy groups -OCH3 is 1. The van der Waals surface area contributed by atoms with E-state index in [4.69, 9.17) is 9.72 Å². The van der Waals surface area contributed by atoms with Crippen LogP contribution in [0.1, 0.15) is 15.9 Å². The highest BCUT2D eigenvalue weighted by Crippen LogP contribution is 2.30. The van der Waals surface area contributed by atoms with E-state index >= 15 is 0 Å². The van der Waals surface area contributed by atoms with Gasteiger partial charge in [-0.3, -0.25) is 9.20 Å². The Morgan fingerprint density at radius 2 is 1.89 bits per heavy atom. The van der Waals surface area contributed by atoms with Gasteiger partial charge in [-0.05, 0) is 24.6 Å². The number of carbonyl (C=O) groups excluding carboxylic acids is 1. The highest BCUT2D eigenvalue weighted by molar-refractivity contribution is 6.05. The van der Waals surface area contributed by atoms with Gasteiger partial charge in [-0.15, -0.1) is 0 Å². The van der Waals surface area contributed by atoms with Gasteiger partial charge in [0, 0.05) is 24.0 Å². The van der Waals surface area contributed by atoms with Crippen LogP contribution < -0.4 is 10.1 Å². The number of carbonyl (C=O) groups is 1. The number of aromatic nitrogens is 3. The Labute approximate surface area is 156 Å². The first-order chi connectivity index (χ1) is 13.2. The molecule has 1 N–H and O–H groups in total. The minimum absolute atomic E-state index is 0.259. The molecule has 0 radical (unpaired) electrons. The first-order valence-electron chi connectivity index (χ1n) is 8.52. The maximum atomic E-state index is 12.8. The first kappa shape index (κ1) is 16.8. The van der Waals surface area contributed by atoms with Crippen molar-refractivity contribution in [1.29, 1.82) is 0 Å². The van der Waals surface area contributed by atoms with Crippen LogP contribution in [0.4, 0.5) is 5.82 Å². The molecule has 6 heteroatoms. The zero-order valence-corrected chi connectivity index (χ0v) is 15.0. The van der Waals surface area contributed by atoms with Gasteiger partial charge in [0.2, 0.25) is 5.88 Å². The van der Waals surface area contributed by atoms with Crippen LogP contribution >= 0.6 is 0 Å². The molecule has 0 fully saturated rings. The molecule has 4 rings (SSSR count). The van der Waals surface area contributed by atoms with Crippen molar-refractivity contribution in [3.05, 3.63) is 78.1 Å². The number of nitrogens with one attached hydrogen (secondary N) is 1. The average Bonchev–Trinajstić information content (AvgIpc) is 3.08. The number of hydrogen-bond donors (Lipinski definition) is 1. The molecule has 134 valence electrons. The molecule has 3 aromatic heterocycles.